The first-order chi connectivity index (χ1) is 15.6. The maximum absolute atomic E-state index is 13.8. The van der Waals surface area contributed by atoms with Gasteiger partial charge in [0.25, 0.3) is 0 Å². The second-order valence-corrected chi connectivity index (χ2v) is 8.65. The molecule has 7 heteroatoms. The van der Waals surface area contributed by atoms with Crippen LogP contribution in [0.3, 0.4) is 0 Å². The zero-order chi connectivity index (χ0) is 22.1. The number of nitrogens with zero attached hydrogens (tertiary/aromatic N) is 3. The number of aromatic nitrogens is 4. The predicted molar refractivity (Wildman–Crippen MR) is 121 cm³/mol. The number of halogens is 2. The minimum Gasteiger partial charge on any atom is -0.324 e. The van der Waals surface area contributed by atoms with Crippen LogP contribution in [-0.2, 0) is 0 Å². The smallest absolute Gasteiger partial charge is 0.226 e. The summed E-state index contributed by atoms with van der Waals surface area (Å²) in [7, 11) is 0. The topological polar surface area (TPSA) is 66.5 Å². The average molecular weight is 434 g/mol. The molecule has 2 aromatic carbocycles. The number of benzene rings is 2. The molecule has 4 aromatic rings. The summed E-state index contributed by atoms with van der Waals surface area (Å²) in [5.74, 6) is 2.08. The molecule has 1 saturated carbocycles. The Morgan fingerprint density at radius 1 is 0.938 bits per heavy atom. The molecule has 5 nitrogen and oxygen atoms in total. The van der Waals surface area contributed by atoms with E-state index < -0.39 is 0 Å². The first-order valence-electron chi connectivity index (χ1n) is 11.1. The molecular formula is C25H25F2N5. The summed E-state index contributed by atoms with van der Waals surface area (Å²) in [6.07, 6.45) is 6.09. The van der Waals surface area contributed by atoms with Crippen LogP contribution in [0.15, 0.2) is 54.7 Å². The van der Waals surface area contributed by atoms with Crippen molar-refractivity contribution in [2.24, 2.45) is 5.92 Å². The van der Waals surface area contributed by atoms with E-state index in [0.717, 1.165) is 48.1 Å². The number of anilines is 2. The fourth-order valence-electron chi connectivity index (χ4n) is 4.86. The van der Waals surface area contributed by atoms with Crippen molar-refractivity contribution >= 4 is 22.5 Å². The number of hydrogen-bond donors (Lipinski definition) is 2. The Bertz CT molecular complexity index is 1210. The Hall–Kier alpha value is -3.35. The van der Waals surface area contributed by atoms with Gasteiger partial charge < -0.3 is 10.3 Å². The van der Waals surface area contributed by atoms with Crippen LogP contribution in [0.5, 0.6) is 0 Å². The van der Waals surface area contributed by atoms with E-state index in [9.17, 15) is 8.78 Å². The van der Waals surface area contributed by atoms with Crippen molar-refractivity contribution in [2.45, 2.75) is 44.4 Å². The van der Waals surface area contributed by atoms with Crippen molar-refractivity contribution in [1.82, 2.24) is 20.2 Å². The SMILES string of the molecule is C[C@@H](c1nnc(Nc2ccc(F)cc2)[nH]1)C1CCC(c2ccnc3ccc(F)cc23)CC1. The van der Waals surface area contributed by atoms with E-state index in [2.05, 4.69) is 32.4 Å². The van der Waals surface area contributed by atoms with Crippen LogP contribution in [0.1, 0.15) is 55.8 Å². The van der Waals surface area contributed by atoms with Crippen molar-refractivity contribution in [3.63, 3.8) is 0 Å². The van der Waals surface area contributed by atoms with Crippen molar-refractivity contribution in [1.29, 1.82) is 0 Å². The lowest BCUT2D eigenvalue weighted by Crippen LogP contribution is -2.19. The molecule has 0 spiro atoms. The van der Waals surface area contributed by atoms with Gasteiger partial charge in [0.15, 0.2) is 0 Å². The molecule has 0 aliphatic heterocycles. The Morgan fingerprint density at radius 2 is 1.69 bits per heavy atom. The minimum absolute atomic E-state index is 0.218. The van der Waals surface area contributed by atoms with Gasteiger partial charge in [-0.15, -0.1) is 10.2 Å². The lowest BCUT2D eigenvalue weighted by molar-refractivity contribution is 0.286. The molecule has 164 valence electrons. The van der Waals surface area contributed by atoms with E-state index >= 15 is 0 Å². The molecule has 0 unspecified atom stereocenters. The van der Waals surface area contributed by atoms with Gasteiger partial charge in [0, 0.05) is 23.2 Å². The second-order valence-electron chi connectivity index (χ2n) is 8.65. The Labute approximate surface area is 185 Å². The van der Waals surface area contributed by atoms with E-state index in [1.54, 1.807) is 24.3 Å². The van der Waals surface area contributed by atoms with Crippen LogP contribution in [0.4, 0.5) is 20.4 Å². The Morgan fingerprint density at radius 3 is 2.47 bits per heavy atom. The maximum Gasteiger partial charge on any atom is 0.226 e. The standard InChI is InChI=1S/C25H25F2N5/c1-15(24-30-25(32-31-24)29-20-9-6-18(26)7-10-20)16-2-4-17(5-3-16)21-12-13-28-23-11-8-19(27)14-22(21)23/h6-17H,2-5H2,1H3,(H2,29,30,31,32)/t15-,16?,17?/m1/s1. The van der Waals surface area contributed by atoms with Crippen LogP contribution >= 0.6 is 0 Å². The molecule has 5 rings (SSSR count). The summed E-state index contributed by atoms with van der Waals surface area (Å²) >= 11 is 0. The van der Waals surface area contributed by atoms with Crippen molar-refractivity contribution in [2.75, 3.05) is 5.32 Å². The number of H-pyrrole nitrogens is 1. The van der Waals surface area contributed by atoms with Gasteiger partial charge in [0.1, 0.15) is 17.5 Å². The predicted octanol–water partition coefficient (Wildman–Crippen LogP) is 6.45. The number of aromatic amines is 1. The summed E-state index contributed by atoms with van der Waals surface area (Å²) in [5.41, 5.74) is 2.80. The summed E-state index contributed by atoms with van der Waals surface area (Å²) in [4.78, 5) is 7.66. The lowest BCUT2D eigenvalue weighted by Gasteiger charge is -2.32. The molecule has 32 heavy (non-hydrogen) atoms. The number of fused-ring (bicyclic) bond motifs is 1. The highest BCUT2D eigenvalue weighted by molar-refractivity contribution is 5.82. The molecule has 1 atom stereocenters. The summed E-state index contributed by atoms with van der Waals surface area (Å²) in [6, 6.07) is 13.0. The molecular weight excluding hydrogens is 408 g/mol. The van der Waals surface area contributed by atoms with Gasteiger partial charge in [-0.2, -0.15) is 0 Å². The van der Waals surface area contributed by atoms with Crippen molar-refractivity contribution in [3.05, 3.63) is 77.8 Å². The molecule has 2 heterocycles. The second kappa shape index (κ2) is 8.65. The van der Waals surface area contributed by atoms with Gasteiger partial charge in [-0.1, -0.05) is 6.92 Å². The number of nitrogens with one attached hydrogen (secondary N) is 2. The Kier molecular flexibility index (Phi) is 5.55. The van der Waals surface area contributed by atoms with E-state index in [1.165, 1.54) is 23.8 Å². The summed E-state index contributed by atoms with van der Waals surface area (Å²) < 4.78 is 26.9. The van der Waals surface area contributed by atoms with E-state index in [1.807, 2.05) is 12.3 Å². The van der Waals surface area contributed by atoms with Crippen molar-refractivity contribution < 1.29 is 8.78 Å². The molecule has 0 amide bonds. The molecule has 2 aromatic heterocycles. The molecule has 0 bridgehead atoms. The van der Waals surface area contributed by atoms with Gasteiger partial charge in [0.2, 0.25) is 5.95 Å². The zero-order valence-electron chi connectivity index (χ0n) is 17.9. The van der Waals surface area contributed by atoms with Crippen molar-refractivity contribution in [3.8, 4) is 0 Å². The fourth-order valence-corrected chi connectivity index (χ4v) is 4.86. The number of pyridine rings is 1. The highest BCUT2D eigenvalue weighted by Gasteiger charge is 2.29. The average Bonchev–Trinajstić information content (AvgIpc) is 3.28. The zero-order valence-corrected chi connectivity index (χ0v) is 17.9. The van der Waals surface area contributed by atoms with E-state index in [0.29, 0.717) is 17.8 Å². The third-order valence-electron chi connectivity index (χ3n) is 6.70. The van der Waals surface area contributed by atoms with Gasteiger partial charge in [-0.3, -0.25) is 4.98 Å². The van der Waals surface area contributed by atoms with Crippen LogP contribution in [-0.4, -0.2) is 20.2 Å². The van der Waals surface area contributed by atoms with Gasteiger partial charge in [-0.25, -0.2) is 8.78 Å². The van der Waals surface area contributed by atoms with Crippen LogP contribution < -0.4 is 5.32 Å². The summed E-state index contributed by atoms with van der Waals surface area (Å²) in [6.45, 7) is 2.18. The third kappa shape index (κ3) is 4.20. The third-order valence-corrected chi connectivity index (χ3v) is 6.70. The van der Waals surface area contributed by atoms with Crippen LogP contribution in [0, 0.1) is 17.6 Å². The normalized spacial score (nSPS) is 19.7. The minimum atomic E-state index is -0.275. The monoisotopic (exact) mass is 433 g/mol. The largest absolute Gasteiger partial charge is 0.324 e. The fraction of sp³-hybridized carbons (Fsp3) is 0.320. The summed E-state index contributed by atoms with van der Waals surface area (Å²) in [5, 5.41) is 12.6. The van der Waals surface area contributed by atoms with E-state index in [-0.39, 0.29) is 17.6 Å². The molecule has 2 N–H and O–H groups in total. The quantitative estimate of drug-likeness (QED) is 0.379. The highest BCUT2D eigenvalue weighted by Crippen LogP contribution is 2.42. The van der Waals surface area contributed by atoms with Crippen LogP contribution in [0.2, 0.25) is 0 Å². The number of hydrogen-bond acceptors (Lipinski definition) is 4. The molecule has 1 aliphatic carbocycles. The van der Waals surface area contributed by atoms with Crippen LogP contribution in [0.25, 0.3) is 10.9 Å². The number of rotatable bonds is 5. The van der Waals surface area contributed by atoms with Gasteiger partial charge in [-0.05, 0) is 91.6 Å². The van der Waals surface area contributed by atoms with Gasteiger partial charge in [0.05, 0.1) is 5.52 Å². The molecule has 0 saturated heterocycles. The lowest BCUT2D eigenvalue weighted by atomic mass is 9.73. The Balaban J connectivity index is 1.24. The molecule has 0 radical (unpaired) electrons. The molecule has 1 aliphatic rings. The molecule has 1 fully saturated rings. The first-order valence-corrected chi connectivity index (χ1v) is 11.1. The first kappa shape index (κ1) is 20.5. The highest BCUT2D eigenvalue weighted by atomic mass is 19.1. The van der Waals surface area contributed by atoms with E-state index in [4.69, 9.17) is 0 Å². The van der Waals surface area contributed by atoms with Gasteiger partial charge >= 0.3 is 0 Å². The maximum atomic E-state index is 13.8.